The van der Waals surface area contributed by atoms with Gasteiger partial charge in [-0.2, -0.15) is 0 Å². The van der Waals surface area contributed by atoms with Gasteiger partial charge in [0, 0.05) is 30.9 Å². The molecule has 5 heteroatoms. The predicted octanol–water partition coefficient (Wildman–Crippen LogP) is 2.76. The van der Waals surface area contributed by atoms with Gasteiger partial charge in [0.25, 0.3) is 0 Å². The Morgan fingerprint density at radius 2 is 2.14 bits per heavy atom. The molecule has 1 aromatic rings. The Morgan fingerprint density at radius 3 is 2.77 bits per heavy atom. The van der Waals surface area contributed by atoms with Crippen molar-refractivity contribution in [3.63, 3.8) is 0 Å². The first-order chi connectivity index (χ1) is 10.7. The maximum absolute atomic E-state index is 12.3. The van der Waals surface area contributed by atoms with E-state index < -0.39 is 0 Å². The first kappa shape index (κ1) is 15.9. The molecule has 1 saturated heterocycles. The van der Waals surface area contributed by atoms with Crippen LogP contribution in [0.15, 0.2) is 5.38 Å². The normalized spacial score (nSPS) is 19.6. The second kappa shape index (κ2) is 7.55. The van der Waals surface area contributed by atoms with Crippen molar-refractivity contribution >= 4 is 17.2 Å². The summed E-state index contributed by atoms with van der Waals surface area (Å²) in [5.41, 5.74) is 1.14. The summed E-state index contributed by atoms with van der Waals surface area (Å²) in [6, 6.07) is 0.627. The number of nitrogens with zero attached hydrogens (tertiary/aromatic N) is 2. The van der Waals surface area contributed by atoms with E-state index in [0.717, 1.165) is 55.4 Å². The van der Waals surface area contributed by atoms with Crippen molar-refractivity contribution in [2.75, 3.05) is 19.6 Å². The SMILES string of the molecule is Cc1nc(CCCC(=O)N2CCC(NCC3CC3)CC2)cs1. The van der Waals surface area contributed by atoms with Gasteiger partial charge in [-0.3, -0.25) is 4.79 Å². The van der Waals surface area contributed by atoms with E-state index in [2.05, 4.69) is 20.6 Å². The van der Waals surface area contributed by atoms with Crippen LogP contribution in [0, 0.1) is 12.8 Å². The number of aryl methyl sites for hydroxylation is 2. The first-order valence-electron chi connectivity index (χ1n) is 8.63. The van der Waals surface area contributed by atoms with Crippen LogP contribution in [0.3, 0.4) is 0 Å². The number of carbonyl (C=O) groups excluding carboxylic acids is 1. The van der Waals surface area contributed by atoms with Crippen molar-refractivity contribution in [3.05, 3.63) is 16.1 Å². The Bertz CT molecular complexity index is 490. The molecule has 2 heterocycles. The summed E-state index contributed by atoms with van der Waals surface area (Å²) < 4.78 is 0. The zero-order valence-corrected chi connectivity index (χ0v) is 14.3. The first-order valence-corrected chi connectivity index (χ1v) is 9.51. The molecular formula is C17H27N3OS. The lowest BCUT2D eigenvalue weighted by molar-refractivity contribution is -0.132. The molecule has 4 nitrogen and oxygen atoms in total. The van der Waals surface area contributed by atoms with Crippen LogP contribution < -0.4 is 5.32 Å². The average molecular weight is 321 g/mol. The Morgan fingerprint density at radius 1 is 1.36 bits per heavy atom. The molecule has 1 saturated carbocycles. The van der Waals surface area contributed by atoms with Crippen LogP contribution >= 0.6 is 11.3 Å². The third-order valence-corrected chi connectivity index (χ3v) is 5.55. The molecule has 1 amide bonds. The van der Waals surface area contributed by atoms with Crippen LogP contribution in [0.1, 0.15) is 49.2 Å². The minimum absolute atomic E-state index is 0.326. The lowest BCUT2D eigenvalue weighted by Gasteiger charge is -2.32. The van der Waals surface area contributed by atoms with Crippen molar-refractivity contribution in [2.45, 2.75) is 57.9 Å². The van der Waals surface area contributed by atoms with Gasteiger partial charge < -0.3 is 10.2 Å². The molecule has 3 rings (SSSR count). The van der Waals surface area contributed by atoms with Crippen LogP contribution in [0.2, 0.25) is 0 Å². The van der Waals surface area contributed by atoms with Crippen molar-refractivity contribution < 1.29 is 4.79 Å². The van der Waals surface area contributed by atoms with Gasteiger partial charge in [-0.15, -0.1) is 11.3 Å². The highest BCUT2D eigenvalue weighted by atomic mass is 32.1. The van der Waals surface area contributed by atoms with Gasteiger partial charge in [-0.05, 0) is 57.9 Å². The molecule has 0 spiro atoms. The third-order valence-electron chi connectivity index (χ3n) is 4.73. The summed E-state index contributed by atoms with van der Waals surface area (Å²) in [4.78, 5) is 18.8. The van der Waals surface area contributed by atoms with Gasteiger partial charge in [0.2, 0.25) is 5.91 Å². The Labute approximate surface area is 137 Å². The van der Waals surface area contributed by atoms with E-state index in [1.54, 1.807) is 11.3 Å². The second-order valence-corrected chi connectivity index (χ2v) is 7.78. The van der Waals surface area contributed by atoms with Crippen LogP contribution in [-0.4, -0.2) is 41.5 Å². The van der Waals surface area contributed by atoms with Crippen molar-refractivity contribution in [3.8, 4) is 0 Å². The van der Waals surface area contributed by atoms with Gasteiger partial charge in [-0.1, -0.05) is 0 Å². The fourth-order valence-corrected chi connectivity index (χ4v) is 3.74. The molecular weight excluding hydrogens is 294 g/mol. The summed E-state index contributed by atoms with van der Waals surface area (Å²) in [6.45, 7) is 5.07. The zero-order valence-electron chi connectivity index (χ0n) is 13.5. The summed E-state index contributed by atoms with van der Waals surface area (Å²) in [5, 5.41) is 6.89. The van der Waals surface area contributed by atoms with E-state index >= 15 is 0 Å². The quantitative estimate of drug-likeness (QED) is 0.840. The molecule has 1 aliphatic carbocycles. The molecule has 1 N–H and O–H groups in total. The van der Waals surface area contributed by atoms with Gasteiger partial charge in [0.1, 0.15) is 0 Å². The number of rotatable bonds is 7. The molecule has 0 unspecified atom stereocenters. The Balaban J connectivity index is 1.31. The van der Waals surface area contributed by atoms with Crippen LogP contribution in [0.5, 0.6) is 0 Å². The highest BCUT2D eigenvalue weighted by molar-refractivity contribution is 7.09. The van der Waals surface area contributed by atoms with Crippen molar-refractivity contribution in [1.82, 2.24) is 15.2 Å². The summed E-state index contributed by atoms with van der Waals surface area (Å²) in [5.74, 6) is 1.27. The number of likely N-dealkylation sites (tertiary alicyclic amines) is 1. The molecule has 0 atom stereocenters. The molecule has 22 heavy (non-hydrogen) atoms. The van der Waals surface area contributed by atoms with E-state index in [1.165, 1.54) is 19.4 Å². The number of piperidine rings is 1. The number of hydrogen-bond acceptors (Lipinski definition) is 4. The molecule has 2 aliphatic rings. The van der Waals surface area contributed by atoms with Crippen LogP contribution in [0.4, 0.5) is 0 Å². The molecule has 2 fully saturated rings. The summed E-state index contributed by atoms with van der Waals surface area (Å²) >= 11 is 1.69. The standard InChI is InChI=1S/C17H27N3OS/c1-13-19-16(12-22-13)3-2-4-17(21)20-9-7-15(8-10-20)18-11-14-5-6-14/h12,14-15,18H,2-11H2,1H3. The second-order valence-electron chi connectivity index (χ2n) is 6.72. The fourth-order valence-electron chi connectivity index (χ4n) is 3.09. The minimum Gasteiger partial charge on any atom is -0.343 e. The lowest BCUT2D eigenvalue weighted by atomic mass is 10.0. The number of nitrogens with one attached hydrogen (secondary N) is 1. The van der Waals surface area contributed by atoms with E-state index in [9.17, 15) is 4.79 Å². The smallest absolute Gasteiger partial charge is 0.222 e. The van der Waals surface area contributed by atoms with Gasteiger partial charge >= 0.3 is 0 Å². The number of hydrogen-bond donors (Lipinski definition) is 1. The highest BCUT2D eigenvalue weighted by Gasteiger charge is 2.25. The fraction of sp³-hybridized carbons (Fsp3) is 0.765. The Kier molecular flexibility index (Phi) is 5.47. The third kappa shape index (κ3) is 4.78. The van der Waals surface area contributed by atoms with Crippen LogP contribution in [-0.2, 0) is 11.2 Å². The molecule has 0 radical (unpaired) electrons. The maximum Gasteiger partial charge on any atom is 0.222 e. The number of aromatic nitrogens is 1. The monoisotopic (exact) mass is 321 g/mol. The highest BCUT2D eigenvalue weighted by Crippen LogP contribution is 2.28. The number of amides is 1. The molecule has 1 aromatic heterocycles. The van der Waals surface area contributed by atoms with E-state index in [-0.39, 0.29) is 0 Å². The van der Waals surface area contributed by atoms with E-state index in [0.29, 0.717) is 18.4 Å². The van der Waals surface area contributed by atoms with Crippen LogP contribution in [0.25, 0.3) is 0 Å². The largest absolute Gasteiger partial charge is 0.343 e. The van der Waals surface area contributed by atoms with Gasteiger partial charge in [0.05, 0.1) is 10.7 Å². The molecule has 0 bridgehead atoms. The number of thiazole rings is 1. The molecule has 1 aliphatic heterocycles. The molecule has 122 valence electrons. The van der Waals surface area contributed by atoms with Crippen molar-refractivity contribution in [2.24, 2.45) is 5.92 Å². The average Bonchev–Trinajstić information content (AvgIpc) is 3.27. The topological polar surface area (TPSA) is 45.2 Å². The maximum atomic E-state index is 12.3. The summed E-state index contributed by atoms with van der Waals surface area (Å²) in [7, 11) is 0. The minimum atomic E-state index is 0.326. The van der Waals surface area contributed by atoms with Gasteiger partial charge in [-0.25, -0.2) is 4.98 Å². The number of carbonyl (C=O) groups is 1. The Hall–Kier alpha value is -0.940. The predicted molar refractivity (Wildman–Crippen MR) is 90.1 cm³/mol. The zero-order chi connectivity index (χ0) is 15.4. The lowest BCUT2D eigenvalue weighted by Crippen LogP contribution is -2.45. The van der Waals surface area contributed by atoms with E-state index in [1.807, 2.05) is 6.92 Å². The van der Waals surface area contributed by atoms with Gasteiger partial charge in [0.15, 0.2) is 0 Å². The van der Waals surface area contributed by atoms with Crippen molar-refractivity contribution in [1.29, 1.82) is 0 Å². The molecule has 0 aromatic carbocycles. The van der Waals surface area contributed by atoms with E-state index in [4.69, 9.17) is 0 Å². The summed E-state index contributed by atoms with van der Waals surface area (Å²) in [6.07, 6.45) is 7.55.